The van der Waals surface area contributed by atoms with Crippen LogP contribution in [0, 0.1) is 19.8 Å². The molecule has 138 valence electrons. The Kier molecular flexibility index (Phi) is 4.71. The average molecular weight is 362 g/mol. The van der Waals surface area contributed by atoms with E-state index in [1.807, 2.05) is 43.0 Å². The Morgan fingerprint density at radius 1 is 1.26 bits per heavy atom. The van der Waals surface area contributed by atoms with Gasteiger partial charge in [0.25, 0.3) is 5.91 Å². The number of hydrogen-bond acceptors (Lipinski definition) is 5. The second kappa shape index (κ2) is 7.31. The smallest absolute Gasteiger partial charge is 0.255 e. The summed E-state index contributed by atoms with van der Waals surface area (Å²) in [4.78, 5) is 23.4. The quantitative estimate of drug-likeness (QED) is 0.711. The molecule has 1 saturated heterocycles. The van der Waals surface area contributed by atoms with Crippen LogP contribution in [-0.4, -0.2) is 39.0 Å². The van der Waals surface area contributed by atoms with E-state index in [9.17, 15) is 4.79 Å². The van der Waals surface area contributed by atoms with Crippen molar-refractivity contribution in [3.05, 3.63) is 65.4 Å². The number of aromatic nitrogens is 3. The highest BCUT2D eigenvalue weighted by molar-refractivity contribution is 5.94. The fraction of sp³-hybridized carbons (Fsp3) is 0.333. The van der Waals surface area contributed by atoms with Gasteiger partial charge in [-0.05, 0) is 56.9 Å². The first-order valence-electron chi connectivity index (χ1n) is 9.20. The summed E-state index contributed by atoms with van der Waals surface area (Å²) in [6.45, 7) is 5.37. The van der Waals surface area contributed by atoms with E-state index in [0.717, 1.165) is 54.3 Å². The molecular weight excluding hydrogens is 340 g/mol. The largest absolute Gasteiger partial charge is 0.361 e. The molecule has 0 N–H and O–H groups in total. The van der Waals surface area contributed by atoms with Gasteiger partial charge >= 0.3 is 0 Å². The molecule has 1 fully saturated rings. The van der Waals surface area contributed by atoms with Gasteiger partial charge in [-0.25, -0.2) is 0 Å². The molecule has 6 heteroatoms. The van der Waals surface area contributed by atoms with E-state index < -0.39 is 0 Å². The highest BCUT2D eigenvalue weighted by atomic mass is 16.5. The number of nitrogens with zero attached hydrogens (tertiary/aromatic N) is 4. The molecule has 1 aliphatic heterocycles. The maximum absolute atomic E-state index is 12.6. The number of pyridine rings is 2. The first-order valence-corrected chi connectivity index (χ1v) is 9.20. The zero-order valence-corrected chi connectivity index (χ0v) is 15.6. The van der Waals surface area contributed by atoms with Crippen molar-refractivity contribution in [2.75, 3.05) is 13.1 Å². The van der Waals surface area contributed by atoms with E-state index >= 15 is 0 Å². The molecule has 0 spiro atoms. The number of carbonyl (C=O) groups excluding carboxylic acids is 1. The van der Waals surface area contributed by atoms with E-state index in [1.54, 1.807) is 18.5 Å². The summed E-state index contributed by atoms with van der Waals surface area (Å²) in [5.41, 5.74) is 4.40. The number of rotatable bonds is 4. The molecule has 0 aromatic carbocycles. The normalized spacial score (nSPS) is 16.7. The van der Waals surface area contributed by atoms with E-state index in [4.69, 9.17) is 9.51 Å². The summed E-state index contributed by atoms with van der Waals surface area (Å²) in [6, 6.07) is 9.68. The van der Waals surface area contributed by atoms with Gasteiger partial charge in [-0.1, -0.05) is 11.2 Å². The summed E-state index contributed by atoms with van der Waals surface area (Å²) in [7, 11) is 0. The Morgan fingerprint density at radius 2 is 2.15 bits per heavy atom. The molecule has 1 amide bonds. The molecule has 4 heterocycles. The third kappa shape index (κ3) is 3.60. The molecule has 3 aromatic rings. The summed E-state index contributed by atoms with van der Waals surface area (Å²) >= 11 is 0. The van der Waals surface area contributed by atoms with Crippen molar-refractivity contribution in [1.82, 2.24) is 20.0 Å². The first-order chi connectivity index (χ1) is 13.1. The topological polar surface area (TPSA) is 72.1 Å². The van der Waals surface area contributed by atoms with Crippen molar-refractivity contribution >= 4 is 5.91 Å². The molecule has 4 rings (SSSR count). The zero-order chi connectivity index (χ0) is 18.8. The summed E-state index contributed by atoms with van der Waals surface area (Å²) in [5, 5.41) is 4.02. The van der Waals surface area contributed by atoms with Crippen LogP contribution in [0.25, 0.3) is 11.3 Å². The number of hydrogen-bond donors (Lipinski definition) is 0. The number of likely N-dealkylation sites (tertiary alicyclic amines) is 1. The van der Waals surface area contributed by atoms with Crippen LogP contribution in [-0.2, 0) is 6.42 Å². The van der Waals surface area contributed by atoms with E-state index in [-0.39, 0.29) is 5.91 Å². The van der Waals surface area contributed by atoms with Crippen LogP contribution in [0.15, 0.2) is 47.2 Å². The molecule has 0 unspecified atom stereocenters. The molecule has 6 nitrogen and oxygen atoms in total. The Hall–Kier alpha value is -3.02. The van der Waals surface area contributed by atoms with Gasteiger partial charge < -0.3 is 9.42 Å². The molecular formula is C21H22N4O2. The molecule has 0 radical (unpaired) electrons. The Balaban J connectivity index is 1.45. The van der Waals surface area contributed by atoms with Gasteiger partial charge in [0.2, 0.25) is 0 Å². The highest BCUT2D eigenvalue weighted by Gasteiger charge is 2.27. The van der Waals surface area contributed by atoms with Crippen molar-refractivity contribution in [2.45, 2.75) is 26.7 Å². The lowest BCUT2D eigenvalue weighted by molar-refractivity contribution is 0.0786. The SMILES string of the molecule is Cc1noc(C)c1-c1cccc(C[C@H]2CCN(C(=O)c3cccnc3)C2)n1. The predicted molar refractivity (Wildman–Crippen MR) is 101 cm³/mol. The predicted octanol–water partition coefficient (Wildman–Crippen LogP) is 3.45. The van der Waals surface area contributed by atoms with E-state index in [1.165, 1.54) is 0 Å². The van der Waals surface area contributed by atoms with Gasteiger partial charge in [-0.15, -0.1) is 0 Å². The lowest BCUT2D eigenvalue weighted by atomic mass is 10.0. The maximum atomic E-state index is 12.6. The van der Waals surface area contributed by atoms with Gasteiger partial charge in [-0.2, -0.15) is 0 Å². The fourth-order valence-electron chi connectivity index (χ4n) is 3.73. The lowest BCUT2D eigenvalue weighted by Gasteiger charge is -2.16. The van der Waals surface area contributed by atoms with Gasteiger partial charge in [0.05, 0.1) is 22.5 Å². The fourth-order valence-corrected chi connectivity index (χ4v) is 3.73. The molecule has 1 aliphatic rings. The monoisotopic (exact) mass is 362 g/mol. The molecule has 0 saturated carbocycles. The third-order valence-corrected chi connectivity index (χ3v) is 5.08. The average Bonchev–Trinajstić information content (AvgIpc) is 3.28. The molecule has 3 aromatic heterocycles. The van der Waals surface area contributed by atoms with Crippen LogP contribution in [0.3, 0.4) is 0 Å². The summed E-state index contributed by atoms with van der Waals surface area (Å²) < 4.78 is 5.27. The van der Waals surface area contributed by atoms with Crippen molar-refractivity contribution in [2.24, 2.45) is 5.92 Å². The molecule has 0 aliphatic carbocycles. The first kappa shape index (κ1) is 17.4. The van der Waals surface area contributed by atoms with Crippen molar-refractivity contribution in [1.29, 1.82) is 0 Å². The second-order valence-corrected chi connectivity index (χ2v) is 7.07. The Bertz CT molecular complexity index is 932. The van der Waals surface area contributed by atoms with Crippen LogP contribution in [0.1, 0.15) is 33.9 Å². The van der Waals surface area contributed by atoms with Crippen LogP contribution in [0.2, 0.25) is 0 Å². The standard InChI is InChI=1S/C21H22N4O2/c1-14-20(15(2)27-24-14)19-7-3-6-18(23-19)11-16-8-10-25(13-16)21(26)17-5-4-9-22-12-17/h3-7,9,12,16H,8,10-11,13H2,1-2H3/t16-/m1/s1. The minimum absolute atomic E-state index is 0.0584. The number of amides is 1. The molecule has 27 heavy (non-hydrogen) atoms. The molecule has 0 bridgehead atoms. The van der Waals surface area contributed by atoms with Gasteiger partial charge in [-0.3, -0.25) is 14.8 Å². The summed E-state index contributed by atoms with van der Waals surface area (Å²) in [6.07, 6.45) is 5.16. The van der Waals surface area contributed by atoms with Crippen molar-refractivity contribution in [3.8, 4) is 11.3 Å². The number of aryl methyl sites for hydroxylation is 2. The Labute approximate surface area is 158 Å². The summed E-state index contributed by atoms with van der Waals surface area (Å²) in [5.74, 6) is 1.26. The van der Waals surface area contributed by atoms with Crippen LogP contribution in [0.5, 0.6) is 0 Å². The lowest BCUT2D eigenvalue weighted by Crippen LogP contribution is -2.29. The van der Waals surface area contributed by atoms with E-state index in [0.29, 0.717) is 11.5 Å². The van der Waals surface area contributed by atoms with Crippen LogP contribution < -0.4 is 0 Å². The zero-order valence-electron chi connectivity index (χ0n) is 15.6. The van der Waals surface area contributed by atoms with Gasteiger partial charge in [0, 0.05) is 31.2 Å². The minimum Gasteiger partial charge on any atom is -0.361 e. The van der Waals surface area contributed by atoms with E-state index in [2.05, 4.69) is 10.1 Å². The van der Waals surface area contributed by atoms with Gasteiger partial charge in [0.1, 0.15) is 5.76 Å². The van der Waals surface area contributed by atoms with Crippen molar-refractivity contribution < 1.29 is 9.32 Å². The van der Waals surface area contributed by atoms with Gasteiger partial charge in [0.15, 0.2) is 0 Å². The number of carbonyl (C=O) groups is 1. The van der Waals surface area contributed by atoms with Crippen molar-refractivity contribution in [3.63, 3.8) is 0 Å². The second-order valence-electron chi connectivity index (χ2n) is 7.07. The minimum atomic E-state index is 0.0584. The third-order valence-electron chi connectivity index (χ3n) is 5.08. The van der Waals surface area contributed by atoms with Crippen LogP contribution in [0.4, 0.5) is 0 Å². The highest BCUT2D eigenvalue weighted by Crippen LogP contribution is 2.27. The Morgan fingerprint density at radius 3 is 2.89 bits per heavy atom. The van der Waals surface area contributed by atoms with Crippen LogP contribution >= 0.6 is 0 Å². The molecule has 1 atom stereocenters. The maximum Gasteiger partial charge on any atom is 0.255 e.